The Labute approximate surface area is 139 Å². The molecular weight excluding hydrogens is 308 g/mol. The normalized spacial score (nSPS) is 16.2. The third-order valence-corrected chi connectivity index (χ3v) is 3.82. The molecule has 124 valence electrons. The van der Waals surface area contributed by atoms with Crippen LogP contribution in [0.25, 0.3) is 0 Å². The van der Waals surface area contributed by atoms with Gasteiger partial charge in [0.15, 0.2) is 0 Å². The highest BCUT2D eigenvalue weighted by Crippen LogP contribution is 2.43. The SMILES string of the molecule is CCOC(=O)C1=C(N)Oc2cc(OC)ccc2C1c1cccnc1. The van der Waals surface area contributed by atoms with Crippen LogP contribution in [0.3, 0.4) is 0 Å². The molecule has 0 amide bonds. The van der Waals surface area contributed by atoms with Crippen LogP contribution in [0.2, 0.25) is 0 Å². The van der Waals surface area contributed by atoms with E-state index < -0.39 is 11.9 Å². The van der Waals surface area contributed by atoms with Crippen LogP contribution in [0.1, 0.15) is 24.0 Å². The Morgan fingerprint density at radius 3 is 2.88 bits per heavy atom. The van der Waals surface area contributed by atoms with Gasteiger partial charge in [-0.3, -0.25) is 4.98 Å². The van der Waals surface area contributed by atoms with Crippen LogP contribution in [0.4, 0.5) is 0 Å². The largest absolute Gasteiger partial charge is 0.497 e. The van der Waals surface area contributed by atoms with Gasteiger partial charge in [0.2, 0.25) is 5.88 Å². The highest BCUT2D eigenvalue weighted by Gasteiger charge is 2.35. The number of esters is 1. The highest BCUT2D eigenvalue weighted by atomic mass is 16.5. The van der Waals surface area contributed by atoms with Crippen LogP contribution < -0.4 is 15.2 Å². The quantitative estimate of drug-likeness (QED) is 0.868. The van der Waals surface area contributed by atoms with E-state index in [-0.39, 0.29) is 18.1 Å². The molecule has 0 bridgehead atoms. The molecule has 6 nitrogen and oxygen atoms in total. The molecule has 0 spiro atoms. The van der Waals surface area contributed by atoms with Crippen LogP contribution in [0.5, 0.6) is 11.5 Å². The van der Waals surface area contributed by atoms with E-state index in [4.69, 9.17) is 19.9 Å². The Morgan fingerprint density at radius 2 is 2.21 bits per heavy atom. The molecule has 2 heterocycles. The number of benzene rings is 1. The Bertz CT molecular complexity index is 787. The summed E-state index contributed by atoms with van der Waals surface area (Å²) in [6.45, 7) is 2.00. The average Bonchev–Trinajstić information content (AvgIpc) is 2.60. The van der Waals surface area contributed by atoms with Crippen LogP contribution >= 0.6 is 0 Å². The number of rotatable bonds is 4. The highest BCUT2D eigenvalue weighted by molar-refractivity contribution is 5.92. The topological polar surface area (TPSA) is 83.7 Å². The van der Waals surface area contributed by atoms with E-state index in [0.29, 0.717) is 11.5 Å². The fourth-order valence-corrected chi connectivity index (χ4v) is 2.76. The van der Waals surface area contributed by atoms with Crippen molar-refractivity contribution in [3.05, 3.63) is 65.3 Å². The smallest absolute Gasteiger partial charge is 0.340 e. The zero-order valence-electron chi connectivity index (χ0n) is 13.5. The van der Waals surface area contributed by atoms with Gasteiger partial charge in [0, 0.05) is 24.0 Å². The van der Waals surface area contributed by atoms with Crippen LogP contribution in [-0.4, -0.2) is 24.7 Å². The number of pyridine rings is 1. The molecule has 0 fully saturated rings. The van der Waals surface area contributed by atoms with Crippen molar-refractivity contribution in [2.24, 2.45) is 5.73 Å². The monoisotopic (exact) mass is 326 g/mol. The van der Waals surface area contributed by atoms with Crippen LogP contribution in [0.15, 0.2) is 54.2 Å². The number of aromatic nitrogens is 1. The van der Waals surface area contributed by atoms with Gasteiger partial charge in [0.05, 0.1) is 19.6 Å². The molecule has 3 rings (SSSR count). The molecular formula is C18H18N2O4. The summed E-state index contributed by atoms with van der Waals surface area (Å²) in [5, 5.41) is 0. The number of methoxy groups -OCH3 is 1. The lowest BCUT2D eigenvalue weighted by molar-refractivity contribution is -0.139. The number of carbonyl (C=O) groups excluding carboxylic acids is 1. The Kier molecular flexibility index (Phi) is 4.37. The summed E-state index contributed by atoms with van der Waals surface area (Å²) in [6.07, 6.45) is 3.38. The van der Waals surface area contributed by atoms with Crippen molar-refractivity contribution in [2.75, 3.05) is 13.7 Å². The molecule has 0 saturated carbocycles. The Hall–Kier alpha value is -3.02. The molecule has 1 aromatic carbocycles. The summed E-state index contributed by atoms with van der Waals surface area (Å²) >= 11 is 0. The second kappa shape index (κ2) is 6.62. The molecule has 2 aromatic rings. The number of carbonyl (C=O) groups is 1. The van der Waals surface area contributed by atoms with Crippen molar-refractivity contribution >= 4 is 5.97 Å². The van der Waals surface area contributed by atoms with Crippen molar-refractivity contribution in [3.63, 3.8) is 0 Å². The Balaban J connectivity index is 2.16. The predicted molar refractivity (Wildman–Crippen MR) is 87.5 cm³/mol. The van der Waals surface area contributed by atoms with Gasteiger partial charge in [-0.2, -0.15) is 0 Å². The van der Waals surface area contributed by atoms with Crippen LogP contribution in [0, 0.1) is 0 Å². The van der Waals surface area contributed by atoms with Gasteiger partial charge in [-0.25, -0.2) is 4.79 Å². The first-order valence-electron chi connectivity index (χ1n) is 7.58. The lowest BCUT2D eigenvalue weighted by Gasteiger charge is -2.28. The minimum atomic E-state index is -0.495. The van der Waals surface area contributed by atoms with Crippen molar-refractivity contribution in [1.29, 1.82) is 0 Å². The summed E-state index contributed by atoms with van der Waals surface area (Å²) in [5.41, 5.74) is 7.96. The van der Waals surface area contributed by atoms with Crippen molar-refractivity contribution in [2.45, 2.75) is 12.8 Å². The lowest BCUT2D eigenvalue weighted by atomic mass is 9.83. The second-order valence-corrected chi connectivity index (χ2v) is 5.22. The number of hydrogen-bond acceptors (Lipinski definition) is 6. The van der Waals surface area contributed by atoms with Crippen molar-refractivity contribution in [3.8, 4) is 11.5 Å². The molecule has 24 heavy (non-hydrogen) atoms. The minimum Gasteiger partial charge on any atom is -0.497 e. The molecule has 0 saturated heterocycles. The molecule has 1 unspecified atom stereocenters. The van der Waals surface area contributed by atoms with E-state index in [1.165, 1.54) is 0 Å². The van der Waals surface area contributed by atoms with Gasteiger partial charge in [0.1, 0.15) is 17.1 Å². The van der Waals surface area contributed by atoms with Crippen molar-refractivity contribution in [1.82, 2.24) is 4.98 Å². The summed E-state index contributed by atoms with van der Waals surface area (Å²) in [7, 11) is 1.58. The van der Waals surface area contributed by atoms with Gasteiger partial charge in [-0.1, -0.05) is 12.1 Å². The van der Waals surface area contributed by atoms with Gasteiger partial charge in [0.25, 0.3) is 0 Å². The zero-order valence-corrected chi connectivity index (χ0v) is 13.5. The lowest BCUT2D eigenvalue weighted by Crippen LogP contribution is -2.27. The fourth-order valence-electron chi connectivity index (χ4n) is 2.76. The van der Waals surface area contributed by atoms with Crippen LogP contribution in [-0.2, 0) is 9.53 Å². The maximum atomic E-state index is 12.4. The molecule has 2 N–H and O–H groups in total. The molecule has 0 radical (unpaired) electrons. The second-order valence-electron chi connectivity index (χ2n) is 5.22. The Morgan fingerprint density at radius 1 is 1.38 bits per heavy atom. The van der Waals surface area contributed by atoms with Gasteiger partial charge in [-0.15, -0.1) is 0 Å². The molecule has 0 aliphatic carbocycles. The number of hydrogen-bond donors (Lipinski definition) is 1. The number of ether oxygens (including phenoxy) is 3. The van der Waals surface area contributed by atoms with E-state index in [1.54, 1.807) is 32.5 Å². The summed E-state index contributed by atoms with van der Waals surface area (Å²) in [5.74, 6) is 0.320. The van der Waals surface area contributed by atoms with E-state index >= 15 is 0 Å². The van der Waals surface area contributed by atoms with E-state index in [0.717, 1.165) is 11.1 Å². The first kappa shape index (κ1) is 15.9. The maximum Gasteiger partial charge on any atom is 0.340 e. The summed E-state index contributed by atoms with van der Waals surface area (Å²) < 4.78 is 16.1. The molecule has 1 aromatic heterocycles. The molecule has 1 aliphatic rings. The average molecular weight is 326 g/mol. The standard InChI is InChI=1S/C18H18N2O4/c1-3-23-18(21)16-15(11-5-4-8-20-10-11)13-7-6-12(22-2)9-14(13)24-17(16)19/h4-10,15H,3,19H2,1-2H3. The third-order valence-electron chi connectivity index (χ3n) is 3.82. The predicted octanol–water partition coefficient (Wildman–Crippen LogP) is 2.35. The maximum absolute atomic E-state index is 12.4. The number of nitrogens with zero attached hydrogens (tertiary/aromatic N) is 1. The molecule has 1 atom stereocenters. The van der Waals surface area contributed by atoms with E-state index in [9.17, 15) is 4.79 Å². The first-order valence-corrected chi connectivity index (χ1v) is 7.58. The van der Waals surface area contributed by atoms with Crippen molar-refractivity contribution < 1.29 is 19.0 Å². The zero-order chi connectivity index (χ0) is 17.1. The van der Waals surface area contributed by atoms with E-state index in [2.05, 4.69) is 4.98 Å². The molecule has 6 heteroatoms. The number of nitrogens with two attached hydrogens (primary N) is 1. The fraction of sp³-hybridized carbons (Fsp3) is 0.222. The third kappa shape index (κ3) is 2.78. The summed E-state index contributed by atoms with van der Waals surface area (Å²) in [6, 6.07) is 9.12. The summed E-state index contributed by atoms with van der Waals surface area (Å²) in [4.78, 5) is 16.6. The minimum absolute atomic E-state index is 0.0306. The van der Waals surface area contributed by atoms with Gasteiger partial charge >= 0.3 is 5.97 Å². The molecule has 1 aliphatic heterocycles. The number of fused-ring (bicyclic) bond motifs is 1. The van der Waals surface area contributed by atoms with Gasteiger partial charge < -0.3 is 19.9 Å². The first-order chi connectivity index (χ1) is 11.7. The van der Waals surface area contributed by atoms with E-state index in [1.807, 2.05) is 24.3 Å². The van der Waals surface area contributed by atoms with Gasteiger partial charge in [-0.05, 0) is 24.6 Å².